The van der Waals surface area contributed by atoms with Crippen LogP contribution < -0.4 is 24.6 Å². The first-order valence-corrected chi connectivity index (χ1v) is 15.2. The van der Waals surface area contributed by atoms with Crippen molar-refractivity contribution in [2.24, 2.45) is 0 Å². The molecule has 4 aromatic rings. The third-order valence-electron chi connectivity index (χ3n) is 9.07. The van der Waals surface area contributed by atoms with Crippen molar-refractivity contribution >= 4 is 33.8 Å². The number of fused-ring (bicyclic) bond motifs is 4. The van der Waals surface area contributed by atoms with Crippen LogP contribution in [0.25, 0.3) is 10.9 Å². The molecule has 224 valence electrons. The van der Waals surface area contributed by atoms with E-state index in [1.165, 1.54) is 5.56 Å². The summed E-state index contributed by atoms with van der Waals surface area (Å²) in [6.07, 6.45) is 5.61. The van der Waals surface area contributed by atoms with Crippen LogP contribution in [0.1, 0.15) is 43.7 Å². The van der Waals surface area contributed by atoms with Crippen LogP contribution in [0, 0.1) is 6.92 Å². The van der Waals surface area contributed by atoms with E-state index in [0.717, 1.165) is 82.5 Å². The molecule has 0 spiro atoms. The van der Waals surface area contributed by atoms with Crippen LogP contribution in [0.3, 0.4) is 0 Å². The molecule has 3 atom stereocenters. The van der Waals surface area contributed by atoms with Crippen LogP contribution in [0.2, 0.25) is 0 Å². The molecule has 0 bridgehead atoms. The summed E-state index contributed by atoms with van der Waals surface area (Å²) in [6, 6.07) is 16.9. The lowest BCUT2D eigenvalue weighted by molar-refractivity contribution is 0.0815. The van der Waals surface area contributed by atoms with Crippen molar-refractivity contribution in [1.82, 2.24) is 14.9 Å². The van der Waals surface area contributed by atoms with Gasteiger partial charge in [0, 0.05) is 38.6 Å². The third-order valence-corrected chi connectivity index (χ3v) is 9.07. The first-order valence-electron chi connectivity index (χ1n) is 15.2. The minimum atomic E-state index is 0.137. The number of benzene rings is 3. The largest absolute Gasteiger partial charge is 0.485 e. The fourth-order valence-electron chi connectivity index (χ4n) is 6.25. The van der Waals surface area contributed by atoms with Gasteiger partial charge in [-0.1, -0.05) is 20.4 Å². The highest BCUT2D eigenvalue weighted by molar-refractivity contribution is 6.00. The maximum absolute atomic E-state index is 6.70. The summed E-state index contributed by atoms with van der Waals surface area (Å²) < 4.78 is 13.1. The summed E-state index contributed by atoms with van der Waals surface area (Å²) in [4.78, 5) is 16.0. The summed E-state index contributed by atoms with van der Waals surface area (Å²) in [6.45, 7) is 12.5. The lowest BCUT2D eigenvalue weighted by Crippen LogP contribution is -2.57. The maximum atomic E-state index is 6.70. The van der Waals surface area contributed by atoms with E-state index >= 15 is 0 Å². The zero-order valence-electron chi connectivity index (χ0n) is 26.1. The number of nitrogens with zero attached hydrogens (tertiary/aromatic N) is 5. The summed E-state index contributed by atoms with van der Waals surface area (Å²) in [7, 11) is 6.37. The average molecular weight is 579 g/mol. The van der Waals surface area contributed by atoms with Gasteiger partial charge in [0.25, 0.3) is 0 Å². The van der Waals surface area contributed by atoms with Gasteiger partial charge in [0.15, 0.2) is 5.75 Å². The van der Waals surface area contributed by atoms with Crippen LogP contribution in [0.5, 0.6) is 17.2 Å². The van der Waals surface area contributed by atoms with E-state index in [2.05, 4.69) is 102 Å². The number of likely N-dealkylation sites (tertiary alicyclic amines) is 1. The smallest absolute Gasteiger partial charge is 0.156 e. The van der Waals surface area contributed by atoms with E-state index in [0.29, 0.717) is 12.0 Å². The highest BCUT2D eigenvalue weighted by Gasteiger charge is 2.38. The van der Waals surface area contributed by atoms with Crippen LogP contribution >= 0.6 is 0 Å². The molecule has 0 radical (unpaired) electrons. The Hall–Kier alpha value is -4.30. The van der Waals surface area contributed by atoms with Crippen molar-refractivity contribution < 1.29 is 9.47 Å². The zero-order chi connectivity index (χ0) is 30.2. The number of ether oxygens (including phenoxy) is 2. The van der Waals surface area contributed by atoms with Gasteiger partial charge in [-0.15, -0.1) is 0 Å². The van der Waals surface area contributed by atoms with Crippen LogP contribution in [-0.4, -0.2) is 61.2 Å². The highest BCUT2D eigenvalue weighted by atomic mass is 16.5. The quantitative estimate of drug-likeness (QED) is 0.231. The zero-order valence-corrected chi connectivity index (χ0v) is 26.1. The molecule has 2 aliphatic heterocycles. The number of nitrogens with one attached hydrogen (secondary N) is 1. The van der Waals surface area contributed by atoms with Crippen LogP contribution in [-0.2, 0) is 0 Å². The van der Waals surface area contributed by atoms with Crippen molar-refractivity contribution in [3.8, 4) is 17.2 Å². The van der Waals surface area contributed by atoms with Crippen molar-refractivity contribution in [2.75, 3.05) is 49.3 Å². The number of likely N-dealkylation sites (N-methyl/N-ethyl adjacent to an activating group) is 2. The molecule has 0 amide bonds. The minimum Gasteiger partial charge on any atom is -0.485 e. The Labute approximate surface area is 254 Å². The summed E-state index contributed by atoms with van der Waals surface area (Å²) in [5.74, 6) is 3.62. The number of hydrogen-bond acceptors (Lipinski definition) is 8. The number of aryl methyl sites for hydroxylation is 1. The second-order valence-electron chi connectivity index (χ2n) is 11.9. The molecule has 1 aromatic heterocycles. The molecule has 3 aromatic carbocycles. The van der Waals surface area contributed by atoms with E-state index < -0.39 is 0 Å². The van der Waals surface area contributed by atoms with E-state index in [1.807, 2.05) is 31.4 Å². The monoisotopic (exact) mass is 578 g/mol. The van der Waals surface area contributed by atoms with Gasteiger partial charge >= 0.3 is 0 Å². The van der Waals surface area contributed by atoms with Crippen LogP contribution in [0.4, 0.5) is 22.9 Å². The molecule has 0 saturated carbocycles. The predicted molar refractivity (Wildman–Crippen MR) is 177 cm³/mol. The molecular weight excluding hydrogens is 536 g/mol. The minimum absolute atomic E-state index is 0.137. The second-order valence-corrected chi connectivity index (χ2v) is 11.9. The summed E-state index contributed by atoms with van der Waals surface area (Å²) >= 11 is 0. The van der Waals surface area contributed by atoms with E-state index in [4.69, 9.17) is 9.47 Å². The maximum Gasteiger partial charge on any atom is 0.156 e. The first-order chi connectivity index (χ1) is 20.8. The molecule has 1 saturated heterocycles. The molecule has 1 unspecified atom stereocenters. The van der Waals surface area contributed by atoms with E-state index in [-0.39, 0.29) is 6.10 Å². The number of hydrogen-bond donors (Lipinski definition) is 1. The van der Waals surface area contributed by atoms with Crippen molar-refractivity contribution in [3.05, 3.63) is 78.8 Å². The Balaban J connectivity index is 1.28. The Bertz CT molecular complexity index is 1660. The van der Waals surface area contributed by atoms with E-state index in [1.54, 1.807) is 6.33 Å². The molecule has 2 aliphatic rings. The number of piperidine rings is 1. The third kappa shape index (κ3) is 5.47. The fourth-order valence-corrected chi connectivity index (χ4v) is 6.25. The normalized spacial score (nSPS) is 18.8. The molecule has 1 N–H and O–H groups in total. The van der Waals surface area contributed by atoms with Crippen LogP contribution in [0.15, 0.2) is 67.6 Å². The Morgan fingerprint density at radius 3 is 2.77 bits per heavy atom. The summed E-state index contributed by atoms with van der Waals surface area (Å²) in [5, 5.41) is 4.46. The second kappa shape index (κ2) is 11.8. The number of aromatic nitrogens is 2. The molecule has 3 heterocycles. The van der Waals surface area contributed by atoms with Crippen molar-refractivity contribution in [1.29, 1.82) is 0 Å². The lowest BCUT2D eigenvalue weighted by Gasteiger charge is -2.46. The molecule has 0 aliphatic carbocycles. The lowest BCUT2D eigenvalue weighted by atomic mass is 9.96. The highest BCUT2D eigenvalue weighted by Crippen LogP contribution is 2.45. The van der Waals surface area contributed by atoms with Gasteiger partial charge in [0.1, 0.15) is 29.7 Å². The Morgan fingerprint density at radius 2 is 2.00 bits per heavy atom. The summed E-state index contributed by atoms with van der Waals surface area (Å²) in [5.41, 5.74) is 6.27. The van der Waals surface area contributed by atoms with Crippen molar-refractivity contribution in [3.63, 3.8) is 0 Å². The number of rotatable bonds is 8. The molecular formula is C35H42N6O2. The van der Waals surface area contributed by atoms with Gasteiger partial charge in [-0.05, 0) is 98.6 Å². The SMILES string of the molecule is C=CN(C)c1ccc(Oc2ccc(Nc3ncnc4ccc5c(c34)O[C@@H]3CCN(C)C[C@@H]3N5C)cc2C)cc1C(C)CC. The Kier molecular flexibility index (Phi) is 7.88. The fraction of sp³-hybridized carbons (Fsp3) is 0.371. The van der Waals surface area contributed by atoms with Gasteiger partial charge in [-0.25, -0.2) is 9.97 Å². The molecule has 43 heavy (non-hydrogen) atoms. The molecule has 8 heteroatoms. The molecule has 8 nitrogen and oxygen atoms in total. The predicted octanol–water partition coefficient (Wildman–Crippen LogP) is 7.47. The standard InChI is InChI=1S/C35H42N6O2/c1-8-22(3)26-19-25(11-13-28(26)40(6)9-2)42-31-15-10-24(18-23(31)4)38-35-33-27(36-21-37-35)12-14-29-34(33)43-32-16-17-39(5)20-30(32)41(29)7/h9-15,18-19,21-22,30,32H,2,8,16-17,20H2,1,3-7H3,(H,36,37,38)/t22?,30-,32+/m0/s1. The van der Waals surface area contributed by atoms with Gasteiger partial charge < -0.3 is 29.5 Å². The first kappa shape index (κ1) is 28.8. The van der Waals surface area contributed by atoms with E-state index in [9.17, 15) is 0 Å². The van der Waals surface area contributed by atoms with Crippen molar-refractivity contribution in [2.45, 2.75) is 51.7 Å². The molecule has 6 rings (SSSR count). The topological polar surface area (TPSA) is 66.0 Å². The van der Waals surface area contributed by atoms with Gasteiger partial charge in [-0.2, -0.15) is 0 Å². The molecule has 1 fully saturated rings. The van der Waals surface area contributed by atoms with Gasteiger partial charge in [0.2, 0.25) is 0 Å². The average Bonchev–Trinajstić information content (AvgIpc) is 3.02. The van der Waals surface area contributed by atoms with Gasteiger partial charge in [0.05, 0.1) is 22.6 Å². The Morgan fingerprint density at radius 1 is 1.16 bits per heavy atom. The number of anilines is 4. The van der Waals surface area contributed by atoms with Gasteiger partial charge in [-0.3, -0.25) is 0 Å².